The topological polar surface area (TPSA) is 90.4 Å². The molecule has 0 radical (unpaired) electrons. The molecule has 0 fully saturated rings. The van der Waals surface area contributed by atoms with Crippen LogP contribution in [0.4, 0.5) is 0 Å². The lowest BCUT2D eigenvalue weighted by Gasteiger charge is -2.28. The van der Waals surface area contributed by atoms with Gasteiger partial charge in [-0.3, -0.25) is 9.89 Å². The molecule has 1 aliphatic carbocycles. The number of aromatic amines is 1. The van der Waals surface area contributed by atoms with Gasteiger partial charge in [0.1, 0.15) is 5.75 Å². The van der Waals surface area contributed by atoms with Gasteiger partial charge in [0.25, 0.3) is 5.91 Å². The maximum absolute atomic E-state index is 12.5. The molecule has 0 aliphatic heterocycles. The predicted octanol–water partition coefficient (Wildman–Crippen LogP) is 3.42. The first-order valence-electron chi connectivity index (χ1n) is 9.00. The second-order valence-corrected chi connectivity index (χ2v) is 8.20. The Morgan fingerprint density at radius 2 is 2.27 bits per heavy atom. The number of aryl methyl sites for hydroxylation is 1. The van der Waals surface area contributed by atoms with Crippen molar-refractivity contribution < 1.29 is 9.90 Å². The molecule has 1 aromatic heterocycles. The Morgan fingerprint density at radius 3 is 3.00 bits per heavy atom. The summed E-state index contributed by atoms with van der Waals surface area (Å²) in [6.07, 6.45) is 5.57. The number of phenolic OH excluding ortho intramolecular Hbond substituents is 1. The van der Waals surface area contributed by atoms with Crippen molar-refractivity contribution in [3.05, 3.63) is 46.8 Å². The zero-order valence-electron chi connectivity index (χ0n) is 15.5. The average Bonchev–Trinajstić information content (AvgIpc) is 2.96. The lowest BCUT2D eigenvalue weighted by molar-refractivity contribution is 0.0948. The number of fused-ring (bicyclic) bond motifs is 1. The van der Waals surface area contributed by atoms with E-state index in [1.165, 1.54) is 6.21 Å². The summed E-state index contributed by atoms with van der Waals surface area (Å²) < 4.78 is 0. The number of phenols is 1. The fraction of sp³-hybridized carbons (Fsp3) is 0.450. The molecule has 1 aromatic carbocycles. The van der Waals surface area contributed by atoms with E-state index in [0.29, 0.717) is 17.2 Å². The number of hydrazone groups is 1. The van der Waals surface area contributed by atoms with E-state index in [1.54, 1.807) is 24.3 Å². The predicted molar refractivity (Wildman–Crippen MR) is 101 cm³/mol. The summed E-state index contributed by atoms with van der Waals surface area (Å²) in [5, 5.41) is 20.7. The van der Waals surface area contributed by atoms with Crippen LogP contribution in [0, 0.1) is 11.3 Å². The summed E-state index contributed by atoms with van der Waals surface area (Å²) in [6.45, 7) is 6.75. The van der Waals surface area contributed by atoms with Gasteiger partial charge < -0.3 is 5.11 Å². The zero-order valence-corrected chi connectivity index (χ0v) is 15.5. The van der Waals surface area contributed by atoms with Crippen molar-refractivity contribution in [2.75, 3.05) is 0 Å². The van der Waals surface area contributed by atoms with E-state index >= 15 is 0 Å². The molecular formula is C20H26N4O2. The van der Waals surface area contributed by atoms with Crippen molar-refractivity contribution in [2.45, 2.75) is 46.5 Å². The SMILES string of the molecule is CC(C)(C)C[C@@H]1CCc2[nH]nc(C(=O)N/N=C\c3cccc(O)c3)c2C1. The van der Waals surface area contributed by atoms with E-state index in [1.807, 2.05) is 0 Å². The molecule has 0 bridgehead atoms. The van der Waals surface area contributed by atoms with Crippen molar-refractivity contribution in [1.29, 1.82) is 0 Å². The maximum Gasteiger partial charge on any atom is 0.292 e. The fourth-order valence-corrected chi connectivity index (χ4v) is 3.62. The first kappa shape index (κ1) is 18.2. The molecule has 2 aromatic rings. The van der Waals surface area contributed by atoms with Crippen LogP contribution < -0.4 is 5.43 Å². The van der Waals surface area contributed by atoms with E-state index in [-0.39, 0.29) is 17.1 Å². The largest absolute Gasteiger partial charge is 0.508 e. The fourth-order valence-electron chi connectivity index (χ4n) is 3.62. The van der Waals surface area contributed by atoms with E-state index in [2.05, 4.69) is 41.5 Å². The first-order valence-corrected chi connectivity index (χ1v) is 9.00. The Hall–Kier alpha value is -2.63. The molecule has 1 heterocycles. The number of amides is 1. The molecule has 1 amide bonds. The van der Waals surface area contributed by atoms with Crippen LogP contribution in [-0.4, -0.2) is 27.4 Å². The number of nitrogens with zero attached hydrogens (tertiary/aromatic N) is 2. The molecule has 3 N–H and O–H groups in total. The van der Waals surface area contributed by atoms with Gasteiger partial charge in [-0.2, -0.15) is 10.2 Å². The number of nitrogens with one attached hydrogen (secondary N) is 2. The maximum atomic E-state index is 12.5. The second-order valence-electron chi connectivity index (χ2n) is 8.20. The normalized spacial score (nSPS) is 17.3. The van der Waals surface area contributed by atoms with Crippen LogP contribution >= 0.6 is 0 Å². The van der Waals surface area contributed by atoms with Crippen LogP contribution in [0.25, 0.3) is 0 Å². The van der Waals surface area contributed by atoms with E-state index in [0.717, 1.165) is 36.9 Å². The van der Waals surface area contributed by atoms with Gasteiger partial charge in [0.2, 0.25) is 0 Å². The lowest BCUT2D eigenvalue weighted by Crippen LogP contribution is -2.24. The molecular weight excluding hydrogens is 328 g/mol. The third kappa shape index (κ3) is 4.50. The molecule has 6 nitrogen and oxygen atoms in total. The zero-order chi connectivity index (χ0) is 18.7. The molecule has 0 saturated carbocycles. The number of hydrogen-bond acceptors (Lipinski definition) is 4. The number of carbonyl (C=O) groups excluding carboxylic acids is 1. The van der Waals surface area contributed by atoms with Crippen molar-refractivity contribution >= 4 is 12.1 Å². The van der Waals surface area contributed by atoms with Gasteiger partial charge in [0, 0.05) is 11.3 Å². The van der Waals surface area contributed by atoms with Crippen molar-refractivity contribution in [3.63, 3.8) is 0 Å². The first-order chi connectivity index (χ1) is 12.3. The summed E-state index contributed by atoms with van der Waals surface area (Å²) in [5.41, 5.74) is 6.05. The van der Waals surface area contributed by atoms with E-state index in [4.69, 9.17) is 0 Å². The summed E-state index contributed by atoms with van der Waals surface area (Å²) in [6, 6.07) is 6.67. The summed E-state index contributed by atoms with van der Waals surface area (Å²) >= 11 is 0. The number of carbonyl (C=O) groups is 1. The van der Waals surface area contributed by atoms with Gasteiger partial charge in [-0.15, -0.1) is 0 Å². The number of H-pyrrole nitrogens is 1. The van der Waals surface area contributed by atoms with Crippen LogP contribution in [0.1, 0.15) is 60.9 Å². The van der Waals surface area contributed by atoms with Gasteiger partial charge in [0.15, 0.2) is 5.69 Å². The monoisotopic (exact) mass is 354 g/mol. The Labute approximate surface area is 153 Å². The van der Waals surface area contributed by atoms with Crippen LogP contribution in [0.3, 0.4) is 0 Å². The number of rotatable bonds is 4. The molecule has 26 heavy (non-hydrogen) atoms. The highest BCUT2D eigenvalue weighted by molar-refractivity contribution is 5.94. The highest BCUT2D eigenvalue weighted by atomic mass is 16.3. The van der Waals surface area contributed by atoms with Crippen LogP contribution in [0.2, 0.25) is 0 Å². The Kier molecular flexibility index (Phi) is 5.11. The molecule has 0 spiro atoms. The quantitative estimate of drug-likeness (QED) is 0.580. The van der Waals surface area contributed by atoms with E-state index in [9.17, 15) is 9.90 Å². The van der Waals surface area contributed by atoms with Gasteiger partial charge in [-0.1, -0.05) is 32.9 Å². The highest BCUT2D eigenvalue weighted by Gasteiger charge is 2.28. The number of aromatic nitrogens is 2. The number of aromatic hydroxyl groups is 1. The molecule has 1 aliphatic rings. The van der Waals surface area contributed by atoms with E-state index < -0.39 is 0 Å². The van der Waals surface area contributed by atoms with Crippen molar-refractivity contribution in [3.8, 4) is 5.75 Å². The minimum absolute atomic E-state index is 0.159. The molecule has 3 rings (SSSR count). The minimum atomic E-state index is -0.310. The highest BCUT2D eigenvalue weighted by Crippen LogP contribution is 2.34. The Balaban J connectivity index is 1.67. The van der Waals surface area contributed by atoms with Gasteiger partial charge in [-0.05, 0) is 54.7 Å². The minimum Gasteiger partial charge on any atom is -0.508 e. The van der Waals surface area contributed by atoms with Crippen molar-refractivity contribution in [2.24, 2.45) is 16.4 Å². The smallest absolute Gasteiger partial charge is 0.292 e. The molecule has 0 unspecified atom stereocenters. The lowest BCUT2D eigenvalue weighted by atomic mass is 9.76. The third-order valence-electron chi connectivity index (χ3n) is 4.61. The average molecular weight is 354 g/mol. The molecule has 6 heteroatoms. The molecule has 138 valence electrons. The van der Waals surface area contributed by atoms with Gasteiger partial charge in [-0.25, -0.2) is 5.43 Å². The second kappa shape index (κ2) is 7.32. The van der Waals surface area contributed by atoms with Crippen LogP contribution in [0.15, 0.2) is 29.4 Å². The molecule has 1 atom stereocenters. The molecule has 0 saturated heterocycles. The Bertz CT molecular complexity index is 817. The van der Waals surface area contributed by atoms with Crippen LogP contribution in [0.5, 0.6) is 5.75 Å². The van der Waals surface area contributed by atoms with Gasteiger partial charge in [0.05, 0.1) is 6.21 Å². The summed E-state index contributed by atoms with van der Waals surface area (Å²) in [5.74, 6) is 0.421. The van der Waals surface area contributed by atoms with Gasteiger partial charge >= 0.3 is 0 Å². The summed E-state index contributed by atoms with van der Waals surface area (Å²) in [7, 11) is 0. The standard InChI is InChI=1S/C20H26N4O2/c1-20(2,3)11-13-7-8-17-16(10-13)18(23-22-17)19(26)24-21-12-14-5-4-6-15(25)9-14/h4-6,9,12-13,25H,7-8,10-11H2,1-3H3,(H,22,23)(H,24,26)/b21-12-/t13-/m1/s1. The van der Waals surface area contributed by atoms with Crippen LogP contribution in [-0.2, 0) is 12.8 Å². The summed E-state index contributed by atoms with van der Waals surface area (Å²) in [4.78, 5) is 12.5. The number of benzene rings is 1. The Morgan fingerprint density at radius 1 is 1.46 bits per heavy atom. The van der Waals surface area contributed by atoms with Crippen molar-refractivity contribution in [1.82, 2.24) is 15.6 Å². The third-order valence-corrected chi connectivity index (χ3v) is 4.61. The number of hydrogen-bond donors (Lipinski definition) is 3.